The normalized spacial score (nSPS) is 41.4. The molecule has 2 aliphatic heterocycles. The molecule has 0 aromatic rings. The number of hydrogen-bond acceptors (Lipinski definition) is 6. The Kier molecular flexibility index (Phi) is 2.47. The van der Waals surface area contributed by atoms with Gasteiger partial charge in [-0.25, -0.2) is 0 Å². The molecule has 90 valence electrons. The van der Waals surface area contributed by atoms with E-state index in [2.05, 4.69) is 10.2 Å². The number of ether oxygens (including phenoxy) is 2. The first kappa shape index (κ1) is 11.4. The van der Waals surface area contributed by atoms with Gasteiger partial charge in [0.05, 0.1) is 24.2 Å². The fraction of sp³-hybridized carbons (Fsp3) is 1.00. The third kappa shape index (κ3) is 1.69. The van der Waals surface area contributed by atoms with Crippen LogP contribution in [0.2, 0.25) is 0 Å². The van der Waals surface area contributed by atoms with Gasteiger partial charge in [-0.2, -0.15) is 5.11 Å². The maximum Gasteiger partial charge on any atom is 0.333 e. The number of rotatable bonds is 2. The molecule has 3 atom stereocenters. The van der Waals surface area contributed by atoms with Crippen LogP contribution in [0, 0.1) is 16.0 Å². The number of azo groups is 1. The summed E-state index contributed by atoms with van der Waals surface area (Å²) in [4.78, 5) is 10.6. The predicted octanol–water partition coefficient (Wildman–Crippen LogP) is 1.21. The summed E-state index contributed by atoms with van der Waals surface area (Å²) in [6.07, 6.45) is -0.319. The minimum atomic E-state index is -1.38. The van der Waals surface area contributed by atoms with E-state index in [-0.39, 0.29) is 12.0 Å². The Morgan fingerprint density at radius 3 is 2.62 bits per heavy atom. The van der Waals surface area contributed by atoms with Crippen molar-refractivity contribution in [1.82, 2.24) is 0 Å². The fourth-order valence-corrected chi connectivity index (χ4v) is 2.07. The maximum atomic E-state index is 11.0. The van der Waals surface area contributed by atoms with Gasteiger partial charge in [-0.05, 0) is 13.8 Å². The van der Waals surface area contributed by atoms with Crippen LogP contribution in [0.15, 0.2) is 10.2 Å². The summed E-state index contributed by atoms with van der Waals surface area (Å²) >= 11 is 0. The summed E-state index contributed by atoms with van der Waals surface area (Å²) in [5.74, 6) is -1.03. The van der Waals surface area contributed by atoms with Crippen molar-refractivity contribution < 1.29 is 14.4 Å². The SMILES string of the molecule is CC1(C)OC[C@@H]([C@H]2CN=N[C@@]2(C)[N+](=O)[O-])O1. The zero-order chi connectivity index (χ0) is 12.0. The molecule has 0 radical (unpaired) electrons. The average molecular weight is 229 g/mol. The highest BCUT2D eigenvalue weighted by Gasteiger charge is 2.56. The van der Waals surface area contributed by atoms with E-state index < -0.39 is 16.4 Å². The molecule has 0 saturated carbocycles. The summed E-state index contributed by atoms with van der Waals surface area (Å²) in [5.41, 5.74) is -1.38. The molecule has 16 heavy (non-hydrogen) atoms. The van der Waals surface area contributed by atoms with Gasteiger partial charge in [0.25, 0.3) is 0 Å². The summed E-state index contributed by atoms with van der Waals surface area (Å²) < 4.78 is 11.0. The highest BCUT2D eigenvalue weighted by molar-refractivity contribution is 4.93. The Hall–Kier alpha value is -1.08. The van der Waals surface area contributed by atoms with Crippen molar-refractivity contribution >= 4 is 0 Å². The van der Waals surface area contributed by atoms with E-state index in [9.17, 15) is 10.1 Å². The molecular formula is C9H15N3O4. The van der Waals surface area contributed by atoms with E-state index in [4.69, 9.17) is 9.47 Å². The van der Waals surface area contributed by atoms with Crippen LogP contribution in [0.5, 0.6) is 0 Å². The molecule has 0 bridgehead atoms. The lowest BCUT2D eigenvalue weighted by atomic mass is 9.91. The Morgan fingerprint density at radius 1 is 1.44 bits per heavy atom. The molecule has 2 rings (SSSR count). The van der Waals surface area contributed by atoms with Crippen molar-refractivity contribution in [3.63, 3.8) is 0 Å². The van der Waals surface area contributed by atoms with Crippen molar-refractivity contribution in [3.05, 3.63) is 10.1 Å². The Bertz CT molecular complexity index is 344. The van der Waals surface area contributed by atoms with Crippen LogP contribution in [0.25, 0.3) is 0 Å². The van der Waals surface area contributed by atoms with Crippen molar-refractivity contribution in [3.8, 4) is 0 Å². The topological polar surface area (TPSA) is 86.3 Å². The third-order valence-corrected chi connectivity index (χ3v) is 3.10. The molecule has 0 aromatic carbocycles. The van der Waals surface area contributed by atoms with Crippen LogP contribution in [0.1, 0.15) is 20.8 Å². The summed E-state index contributed by atoms with van der Waals surface area (Å²) in [7, 11) is 0. The average Bonchev–Trinajstić information content (AvgIpc) is 2.70. The van der Waals surface area contributed by atoms with Crippen LogP contribution in [-0.4, -0.2) is 35.6 Å². The van der Waals surface area contributed by atoms with Gasteiger partial charge >= 0.3 is 5.66 Å². The second-order valence-corrected chi connectivity index (χ2v) is 4.75. The van der Waals surface area contributed by atoms with Gasteiger partial charge in [0.2, 0.25) is 0 Å². The van der Waals surface area contributed by atoms with E-state index in [1.54, 1.807) is 13.8 Å². The van der Waals surface area contributed by atoms with Crippen molar-refractivity contribution in [1.29, 1.82) is 0 Å². The number of nitro groups is 1. The van der Waals surface area contributed by atoms with E-state index in [0.717, 1.165) is 0 Å². The lowest BCUT2D eigenvalue weighted by Gasteiger charge is -2.24. The molecule has 0 N–H and O–H groups in total. The fourth-order valence-electron chi connectivity index (χ4n) is 2.07. The van der Waals surface area contributed by atoms with Crippen molar-refractivity contribution in [2.24, 2.45) is 16.1 Å². The smallest absolute Gasteiger partial charge is 0.333 e. The molecule has 0 aromatic heterocycles. The molecule has 2 heterocycles. The lowest BCUT2D eigenvalue weighted by molar-refractivity contribution is -0.574. The summed E-state index contributed by atoms with van der Waals surface area (Å²) in [6.45, 7) is 5.73. The van der Waals surface area contributed by atoms with E-state index in [1.165, 1.54) is 6.92 Å². The van der Waals surface area contributed by atoms with E-state index in [0.29, 0.717) is 13.2 Å². The van der Waals surface area contributed by atoms with Gasteiger partial charge < -0.3 is 9.47 Å². The van der Waals surface area contributed by atoms with Gasteiger partial charge in [-0.1, -0.05) is 0 Å². The van der Waals surface area contributed by atoms with E-state index in [1.807, 2.05) is 0 Å². The van der Waals surface area contributed by atoms with Gasteiger partial charge in [0.1, 0.15) is 5.92 Å². The first-order chi connectivity index (χ1) is 7.35. The first-order valence-corrected chi connectivity index (χ1v) is 5.20. The third-order valence-electron chi connectivity index (χ3n) is 3.10. The van der Waals surface area contributed by atoms with Crippen LogP contribution < -0.4 is 0 Å². The summed E-state index contributed by atoms with van der Waals surface area (Å²) in [6, 6.07) is 0. The van der Waals surface area contributed by atoms with Crippen molar-refractivity contribution in [2.45, 2.75) is 38.3 Å². The van der Waals surface area contributed by atoms with Gasteiger partial charge in [-0.15, -0.1) is 5.11 Å². The quantitative estimate of drug-likeness (QED) is 0.526. The molecule has 0 spiro atoms. The molecule has 0 aliphatic carbocycles. The minimum absolute atomic E-state index is 0.319. The molecule has 0 unspecified atom stereocenters. The Morgan fingerprint density at radius 2 is 2.12 bits per heavy atom. The van der Waals surface area contributed by atoms with Crippen LogP contribution >= 0.6 is 0 Å². The van der Waals surface area contributed by atoms with Crippen LogP contribution in [-0.2, 0) is 9.47 Å². The van der Waals surface area contributed by atoms with Gasteiger partial charge in [0, 0.05) is 6.92 Å². The van der Waals surface area contributed by atoms with Gasteiger partial charge in [-0.3, -0.25) is 10.1 Å². The van der Waals surface area contributed by atoms with Crippen molar-refractivity contribution in [2.75, 3.05) is 13.2 Å². The number of hydrogen-bond donors (Lipinski definition) is 0. The second-order valence-electron chi connectivity index (χ2n) is 4.75. The zero-order valence-corrected chi connectivity index (χ0v) is 9.54. The monoisotopic (exact) mass is 229 g/mol. The standard InChI is InChI=1S/C9H15N3O4/c1-8(2)15-5-7(16-8)6-4-10-11-9(6,3)12(13)14/h6-7H,4-5H2,1-3H3/t6-,7+,9+/m1/s1. The Labute approximate surface area is 93.0 Å². The van der Waals surface area contributed by atoms with Crippen LogP contribution in [0.4, 0.5) is 0 Å². The molecule has 0 amide bonds. The molecule has 1 fully saturated rings. The van der Waals surface area contributed by atoms with Crippen LogP contribution in [0.3, 0.4) is 0 Å². The molecular weight excluding hydrogens is 214 g/mol. The number of nitrogens with zero attached hydrogens (tertiary/aromatic N) is 3. The second kappa shape index (κ2) is 3.46. The minimum Gasteiger partial charge on any atom is -0.348 e. The first-order valence-electron chi connectivity index (χ1n) is 5.20. The highest BCUT2D eigenvalue weighted by Crippen LogP contribution is 2.37. The molecule has 2 aliphatic rings. The lowest BCUT2D eigenvalue weighted by Crippen LogP contribution is -2.46. The molecule has 7 heteroatoms. The molecule has 1 saturated heterocycles. The highest BCUT2D eigenvalue weighted by atomic mass is 16.7. The zero-order valence-electron chi connectivity index (χ0n) is 9.54. The maximum absolute atomic E-state index is 11.0. The molecule has 7 nitrogen and oxygen atoms in total. The Balaban J connectivity index is 2.15. The van der Waals surface area contributed by atoms with E-state index >= 15 is 0 Å². The largest absolute Gasteiger partial charge is 0.348 e. The predicted molar refractivity (Wildman–Crippen MR) is 53.5 cm³/mol. The van der Waals surface area contributed by atoms with Gasteiger partial charge in [0.15, 0.2) is 5.79 Å². The summed E-state index contributed by atoms with van der Waals surface area (Å²) in [5, 5.41) is 18.5.